The molecule has 0 radical (unpaired) electrons. The zero-order valence-electron chi connectivity index (χ0n) is 11.3. The van der Waals surface area contributed by atoms with Gasteiger partial charge in [0, 0.05) is 11.3 Å². The first kappa shape index (κ1) is 12.9. The molecule has 2 nitrogen and oxygen atoms in total. The van der Waals surface area contributed by atoms with Crippen LogP contribution in [0.1, 0.15) is 12.6 Å². The minimum atomic E-state index is 0.782. The molecule has 3 rings (SSSR count). The van der Waals surface area contributed by atoms with Crippen LogP contribution in [0, 0.1) is 0 Å². The summed E-state index contributed by atoms with van der Waals surface area (Å²) in [6.45, 7) is 2.15. The van der Waals surface area contributed by atoms with E-state index in [9.17, 15) is 0 Å². The van der Waals surface area contributed by atoms with Crippen molar-refractivity contribution in [3.05, 3.63) is 60.3 Å². The molecular formula is C17H16N2S. The lowest BCUT2D eigenvalue weighted by atomic mass is 10.1. The van der Waals surface area contributed by atoms with Crippen LogP contribution in [0.4, 0.5) is 5.69 Å². The van der Waals surface area contributed by atoms with Gasteiger partial charge in [-0.05, 0) is 36.2 Å². The SMILES string of the molecule is CCc1nc(-c2ccc(N)cc2)sc1-c1ccccc1. The predicted molar refractivity (Wildman–Crippen MR) is 86.8 cm³/mol. The van der Waals surface area contributed by atoms with E-state index in [-0.39, 0.29) is 0 Å². The Morgan fingerprint density at radius 1 is 0.950 bits per heavy atom. The van der Waals surface area contributed by atoms with Gasteiger partial charge in [-0.1, -0.05) is 37.3 Å². The highest BCUT2D eigenvalue weighted by Crippen LogP contribution is 2.35. The highest BCUT2D eigenvalue weighted by molar-refractivity contribution is 7.18. The molecule has 20 heavy (non-hydrogen) atoms. The van der Waals surface area contributed by atoms with Crippen molar-refractivity contribution >= 4 is 17.0 Å². The monoisotopic (exact) mass is 280 g/mol. The van der Waals surface area contributed by atoms with Gasteiger partial charge in [0.1, 0.15) is 5.01 Å². The Balaban J connectivity index is 2.07. The van der Waals surface area contributed by atoms with Crippen LogP contribution >= 0.6 is 11.3 Å². The third-order valence-electron chi connectivity index (χ3n) is 3.23. The zero-order valence-corrected chi connectivity index (χ0v) is 12.2. The molecule has 3 aromatic rings. The summed E-state index contributed by atoms with van der Waals surface area (Å²) in [5, 5.41) is 1.06. The maximum Gasteiger partial charge on any atom is 0.124 e. The number of nitrogens with zero attached hydrogens (tertiary/aromatic N) is 1. The number of rotatable bonds is 3. The van der Waals surface area contributed by atoms with Gasteiger partial charge >= 0.3 is 0 Å². The largest absolute Gasteiger partial charge is 0.399 e. The molecule has 100 valence electrons. The van der Waals surface area contributed by atoms with Crippen LogP contribution in [-0.4, -0.2) is 4.98 Å². The fourth-order valence-corrected chi connectivity index (χ4v) is 3.32. The molecule has 0 spiro atoms. The van der Waals surface area contributed by atoms with Crippen molar-refractivity contribution in [3.63, 3.8) is 0 Å². The fraction of sp³-hybridized carbons (Fsp3) is 0.118. The van der Waals surface area contributed by atoms with E-state index in [2.05, 4.69) is 31.2 Å². The van der Waals surface area contributed by atoms with Crippen molar-refractivity contribution in [2.24, 2.45) is 0 Å². The Morgan fingerprint density at radius 2 is 1.65 bits per heavy atom. The Morgan fingerprint density at radius 3 is 2.30 bits per heavy atom. The molecule has 2 aromatic carbocycles. The Labute approximate surface area is 122 Å². The predicted octanol–water partition coefficient (Wildman–Crippen LogP) is 4.62. The van der Waals surface area contributed by atoms with Crippen LogP contribution in [0.25, 0.3) is 21.0 Å². The van der Waals surface area contributed by atoms with Crippen LogP contribution in [0.2, 0.25) is 0 Å². The van der Waals surface area contributed by atoms with Crippen molar-refractivity contribution in [2.75, 3.05) is 5.73 Å². The lowest BCUT2D eigenvalue weighted by molar-refractivity contribution is 1.07. The Hall–Kier alpha value is -2.13. The average molecular weight is 280 g/mol. The Bertz CT molecular complexity index is 700. The molecule has 0 saturated heterocycles. The summed E-state index contributed by atoms with van der Waals surface area (Å²) in [5.41, 5.74) is 10.0. The van der Waals surface area contributed by atoms with Crippen molar-refractivity contribution in [1.82, 2.24) is 4.98 Å². The summed E-state index contributed by atoms with van der Waals surface area (Å²) < 4.78 is 0. The van der Waals surface area contributed by atoms with E-state index in [1.807, 2.05) is 30.3 Å². The van der Waals surface area contributed by atoms with Crippen molar-refractivity contribution in [1.29, 1.82) is 0 Å². The number of aryl methyl sites for hydroxylation is 1. The van der Waals surface area contributed by atoms with E-state index in [0.29, 0.717) is 0 Å². The summed E-state index contributed by atoms with van der Waals surface area (Å²) in [6, 6.07) is 18.4. The highest BCUT2D eigenvalue weighted by atomic mass is 32.1. The van der Waals surface area contributed by atoms with Gasteiger partial charge in [-0.3, -0.25) is 0 Å². The maximum absolute atomic E-state index is 5.74. The van der Waals surface area contributed by atoms with Crippen molar-refractivity contribution in [2.45, 2.75) is 13.3 Å². The van der Waals surface area contributed by atoms with Crippen molar-refractivity contribution in [3.8, 4) is 21.0 Å². The van der Waals surface area contributed by atoms with Crippen LogP contribution in [0.5, 0.6) is 0 Å². The van der Waals surface area contributed by atoms with Crippen LogP contribution in [-0.2, 0) is 6.42 Å². The summed E-state index contributed by atoms with van der Waals surface area (Å²) in [6.07, 6.45) is 0.940. The molecule has 3 heteroatoms. The van der Waals surface area contributed by atoms with E-state index < -0.39 is 0 Å². The third-order valence-corrected chi connectivity index (χ3v) is 4.42. The summed E-state index contributed by atoms with van der Waals surface area (Å²) in [7, 11) is 0. The van der Waals surface area contributed by atoms with Crippen LogP contribution in [0.15, 0.2) is 54.6 Å². The van der Waals surface area contributed by atoms with Gasteiger partial charge in [0.25, 0.3) is 0 Å². The molecule has 0 aliphatic rings. The van der Waals surface area contributed by atoms with E-state index in [1.54, 1.807) is 11.3 Å². The number of thiazole rings is 1. The summed E-state index contributed by atoms with van der Waals surface area (Å²) in [5.74, 6) is 0. The van der Waals surface area contributed by atoms with Gasteiger partial charge in [-0.25, -0.2) is 4.98 Å². The lowest BCUT2D eigenvalue weighted by Gasteiger charge is -1.98. The number of anilines is 1. The van der Waals surface area contributed by atoms with E-state index >= 15 is 0 Å². The summed E-state index contributed by atoms with van der Waals surface area (Å²) in [4.78, 5) is 6.05. The number of hydrogen-bond donors (Lipinski definition) is 1. The zero-order chi connectivity index (χ0) is 13.9. The molecule has 2 N–H and O–H groups in total. The third kappa shape index (κ3) is 2.45. The first-order chi connectivity index (χ1) is 9.78. The van der Waals surface area contributed by atoms with Gasteiger partial charge < -0.3 is 5.73 Å². The van der Waals surface area contributed by atoms with Gasteiger partial charge in [-0.15, -0.1) is 11.3 Å². The highest BCUT2D eigenvalue weighted by Gasteiger charge is 2.12. The molecule has 0 atom stereocenters. The standard InChI is InChI=1S/C17H16N2S/c1-2-15-16(12-6-4-3-5-7-12)20-17(19-15)13-8-10-14(18)11-9-13/h3-11H,2,18H2,1H3. The molecule has 0 aliphatic carbocycles. The molecule has 0 bridgehead atoms. The molecule has 0 saturated carbocycles. The molecule has 0 aliphatic heterocycles. The van der Waals surface area contributed by atoms with Gasteiger partial charge in [0.05, 0.1) is 10.6 Å². The lowest BCUT2D eigenvalue weighted by Crippen LogP contribution is -1.85. The maximum atomic E-state index is 5.74. The topological polar surface area (TPSA) is 38.9 Å². The quantitative estimate of drug-likeness (QED) is 0.711. The first-order valence-corrected chi connectivity index (χ1v) is 7.50. The number of nitrogen functional groups attached to an aromatic ring is 1. The van der Waals surface area contributed by atoms with E-state index in [1.165, 1.54) is 10.4 Å². The fourth-order valence-electron chi connectivity index (χ4n) is 2.16. The molecule has 1 aromatic heterocycles. The summed E-state index contributed by atoms with van der Waals surface area (Å²) >= 11 is 1.74. The normalized spacial score (nSPS) is 10.7. The number of aromatic nitrogens is 1. The smallest absolute Gasteiger partial charge is 0.124 e. The van der Waals surface area contributed by atoms with E-state index in [0.717, 1.165) is 28.4 Å². The number of hydrogen-bond acceptors (Lipinski definition) is 3. The number of benzene rings is 2. The number of nitrogens with two attached hydrogens (primary N) is 1. The Kier molecular flexibility index (Phi) is 3.52. The molecule has 0 unspecified atom stereocenters. The molecular weight excluding hydrogens is 264 g/mol. The van der Waals surface area contributed by atoms with Crippen LogP contribution < -0.4 is 5.73 Å². The van der Waals surface area contributed by atoms with E-state index in [4.69, 9.17) is 10.7 Å². The van der Waals surface area contributed by atoms with Gasteiger partial charge in [-0.2, -0.15) is 0 Å². The molecule has 1 heterocycles. The minimum absolute atomic E-state index is 0.782. The second-order valence-electron chi connectivity index (χ2n) is 4.64. The van der Waals surface area contributed by atoms with Gasteiger partial charge in [0.15, 0.2) is 0 Å². The van der Waals surface area contributed by atoms with Crippen molar-refractivity contribution < 1.29 is 0 Å². The first-order valence-electron chi connectivity index (χ1n) is 6.69. The second kappa shape index (κ2) is 5.47. The minimum Gasteiger partial charge on any atom is -0.399 e. The molecule has 0 fully saturated rings. The average Bonchev–Trinajstić information content (AvgIpc) is 2.93. The second-order valence-corrected chi connectivity index (χ2v) is 5.64. The van der Waals surface area contributed by atoms with Crippen LogP contribution in [0.3, 0.4) is 0 Å². The molecule has 0 amide bonds. The van der Waals surface area contributed by atoms with Gasteiger partial charge in [0.2, 0.25) is 0 Å².